The number of piperazine rings is 1. The number of hydrogen-bond donors (Lipinski definition) is 1. The van der Waals surface area contributed by atoms with Crippen molar-refractivity contribution in [3.63, 3.8) is 0 Å². The average Bonchev–Trinajstić information content (AvgIpc) is 3.61. The van der Waals surface area contributed by atoms with Crippen LogP contribution < -0.4 is 15.0 Å². The quantitative estimate of drug-likeness (QED) is 0.311. The molecule has 2 aliphatic rings. The minimum Gasteiger partial charge on any atom is -0.461 e. The highest BCUT2D eigenvalue weighted by atomic mass is 32.2. The second-order valence-electron chi connectivity index (χ2n) is 12.6. The van der Waals surface area contributed by atoms with E-state index in [1.807, 2.05) is 25.1 Å². The number of nitrogens with one attached hydrogen (secondary N) is 1. The molecule has 2 atom stereocenters. The van der Waals surface area contributed by atoms with Crippen molar-refractivity contribution in [1.29, 1.82) is 0 Å². The Hall–Kier alpha value is -4.95. The Labute approximate surface area is 292 Å². The van der Waals surface area contributed by atoms with Gasteiger partial charge in [0.1, 0.15) is 17.8 Å². The molecule has 2 heterocycles. The number of ether oxygens (including phenoxy) is 2. The lowest BCUT2D eigenvalue weighted by atomic mass is 10.1. The van der Waals surface area contributed by atoms with Gasteiger partial charge >= 0.3 is 18.1 Å². The standard InChI is InChI=1S/C36H43N5O8S/c1-25(2)48-34(43)27(4)41(33(42)32-11-8-20-40(32)50(46,47)31-18-12-26(3)13-19-31)29-14-16-30(17-15-29)49-36(45)39-23-21-38(22-24-39)35(44)37-28-9-6-5-7-10-28/h5-7,9-10,12-19,25,27,32H,8,11,20-24H2,1-4H3,(H,37,44)/t27-,32-/m0/s1. The fourth-order valence-electron chi connectivity index (χ4n) is 5.92. The third kappa shape index (κ3) is 8.43. The zero-order chi connectivity index (χ0) is 36.0. The van der Waals surface area contributed by atoms with Crippen molar-refractivity contribution >= 4 is 45.4 Å². The molecule has 3 aromatic carbocycles. The molecule has 0 radical (unpaired) electrons. The van der Waals surface area contributed by atoms with Crippen molar-refractivity contribution < 1.29 is 37.1 Å². The summed E-state index contributed by atoms with van der Waals surface area (Å²) in [5, 5.41) is 2.84. The van der Waals surface area contributed by atoms with Gasteiger partial charge in [0.05, 0.1) is 11.0 Å². The van der Waals surface area contributed by atoms with Crippen molar-refractivity contribution in [3.8, 4) is 5.75 Å². The van der Waals surface area contributed by atoms with Crippen LogP contribution in [0.5, 0.6) is 5.75 Å². The third-order valence-corrected chi connectivity index (χ3v) is 10.5. The highest BCUT2D eigenvalue weighted by Crippen LogP contribution is 2.31. The average molecular weight is 706 g/mol. The summed E-state index contributed by atoms with van der Waals surface area (Å²) in [6, 6.07) is 19.3. The Bertz CT molecular complexity index is 1780. The molecule has 1 N–H and O–H groups in total. The van der Waals surface area contributed by atoms with Crippen molar-refractivity contribution in [3.05, 3.63) is 84.4 Å². The summed E-state index contributed by atoms with van der Waals surface area (Å²) in [5.74, 6) is -1.01. The van der Waals surface area contributed by atoms with Gasteiger partial charge in [0.25, 0.3) is 0 Å². The molecular weight excluding hydrogens is 662 g/mol. The molecular formula is C36H43N5O8S. The van der Waals surface area contributed by atoms with Gasteiger partial charge in [-0.15, -0.1) is 0 Å². The highest BCUT2D eigenvalue weighted by molar-refractivity contribution is 7.89. The number of sulfonamides is 1. The Morgan fingerprint density at radius 2 is 1.44 bits per heavy atom. The van der Waals surface area contributed by atoms with E-state index in [9.17, 15) is 27.6 Å². The molecule has 2 saturated heterocycles. The maximum absolute atomic E-state index is 14.3. The molecule has 2 fully saturated rings. The number of carbonyl (C=O) groups is 4. The zero-order valence-corrected chi connectivity index (χ0v) is 29.5. The molecule has 3 aromatic rings. The fourth-order valence-corrected chi connectivity index (χ4v) is 7.57. The number of carbonyl (C=O) groups excluding carboxylic acids is 4. The summed E-state index contributed by atoms with van der Waals surface area (Å²) in [7, 11) is -4.00. The van der Waals surface area contributed by atoms with Gasteiger partial charge in [0, 0.05) is 44.1 Å². The van der Waals surface area contributed by atoms with Crippen LogP contribution in [0.1, 0.15) is 39.2 Å². The lowest BCUT2D eigenvalue weighted by molar-refractivity contribution is -0.149. The van der Waals surface area contributed by atoms with Crippen LogP contribution in [-0.2, 0) is 24.3 Å². The van der Waals surface area contributed by atoms with E-state index >= 15 is 0 Å². The van der Waals surface area contributed by atoms with Gasteiger partial charge < -0.3 is 24.6 Å². The van der Waals surface area contributed by atoms with E-state index in [1.54, 1.807) is 55.1 Å². The topological polar surface area (TPSA) is 146 Å². The number of hydrogen-bond acceptors (Lipinski definition) is 8. The van der Waals surface area contributed by atoms with Crippen LogP contribution in [0, 0.1) is 6.92 Å². The first-order chi connectivity index (χ1) is 23.8. The molecule has 4 amide bonds. The number of aryl methyl sites for hydroxylation is 1. The molecule has 0 spiro atoms. The van der Waals surface area contributed by atoms with Crippen molar-refractivity contribution in [1.82, 2.24) is 14.1 Å². The number of para-hydroxylation sites is 1. The number of esters is 1. The second-order valence-corrected chi connectivity index (χ2v) is 14.5. The van der Waals surface area contributed by atoms with Crippen LogP contribution in [0.25, 0.3) is 0 Å². The predicted molar refractivity (Wildman–Crippen MR) is 187 cm³/mol. The van der Waals surface area contributed by atoms with E-state index in [0.717, 1.165) is 5.56 Å². The van der Waals surface area contributed by atoms with Crippen LogP contribution in [-0.4, -0.2) is 97.4 Å². The van der Waals surface area contributed by atoms with Gasteiger partial charge in [0.15, 0.2) is 0 Å². The Morgan fingerprint density at radius 3 is 2.06 bits per heavy atom. The molecule has 266 valence electrons. The van der Waals surface area contributed by atoms with Gasteiger partial charge in [0.2, 0.25) is 15.9 Å². The number of benzene rings is 3. The summed E-state index contributed by atoms with van der Waals surface area (Å²) in [6.07, 6.45) is -0.274. The summed E-state index contributed by atoms with van der Waals surface area (Å²) >= 11 is 0. The van der Waals surface area contributed by atoms with E-state index in [2.05, 4.69) is 5.32 Å². The number of rotatable bonds is 9. The Balaban J connectivity index is 1.28. The first kappa shape index (κ1) is 36.3. The molecule has 2 aliphatic heterocycles. The number of nitrogens with zero attached hydrogens (tertiary/aromatic N) is 4. The van der Waals surface area contributed by atoms with Gasteiger partial charge in [-0.1, -0.05) is 35.9 Å². The normalized spacial score (nSPS) is 17.3. The summed E-state index contributed by atoms with van der Waals surface area (Å²) in [6.45, 7) is 8.16. The van der Waals surface area contributed by atoms with Crippen LogP contribution in [0.4, 0.5) is 21.0 Å². The van der Waals surface area contributed by atoms with Crippen LogP contribution in [0.15, 0.2) is 83.8 Å². The van der Waals surface area contributed by atoms with Crippen LogP contribution in [0.2, 0.25) is 0 Å². The third-order valence-electron chi connectivity index (χ3n) is 8.60. The van der Waals surface area contributed by atoms with Gasteiger partial charge in [-0.3, -0.25) is 9.69 Å². The molecule has 0 aliphatic carbocycles. The SMILES string of the molecule is Cc1ccc(S(=O)(=O)N2CCC[C@H]2C(=O)N(c2ccc(OC(=O)N3CCN(C(=O)Nc4ccccc4)CC3)cc2)[C@@H](C)C(=O)OC(C)C)cc1. The largest absolute Gasteiger partial charge is 0.461 e. The van der Waals surface area contributed by atoms with Crippen molar-refractivity contribution in [2.24, 2.45) is 0 Å². The lowest BCUT2D eigenvalue weighted by Crippen LogP contribution is -2.53. The predicted octanol–water partition coefficient (Wildman–Crippen LogP) is 4.87. The molecule has 13 nitrogen and oxygen atoms in total. The van der Waals surface area contributed by atoms with Crippen LogP contribution in [0.3, 0.4) is 0 Å². The lowest BCUT2D eigenvalue weighted by Gasteiger charge is -2.34. The monoisotopic (exact) mass is 705 g/mol. The first-order valence-corrected chi connectivity index (χ1v) is 18.1. The Kier molecular flexibility index (Phi) is 11.4. The van der Waals surface area contributed by atoms with Crippen molar-refractivity contribution in [2.45, 2.75) is 63.6 Å². The molecule has 50 heavy (non-hydrogen) atoms. The maximum atomic E-state index is 14.3. The smallest absolute Gasteiger partial charge is 0.415 e. The van der Waals surface area contributed by atoms with E-state index in [1.165, 1.54) is 45.3 Å². The molecule has 0 saturated carbocycles. The molecule has 14 heteroatoms. The van der Waals surface area contributed by atoms with E-state index in [0.29, 0.717) is 30.9 Å². The molecule has 0 aromatic heterocycles. The fraction of sp³-hybridized carbons (Fsp3) is 0.389. The van der Waals surface area contributed by atoms with Gasteiger partial charge in [-0.05, 0) is 89.1 Å². The van der Waals surface area contributed by atoms with Crippen molar-refractivity contribution in [2.75, 3.05) is 42.9 Å². The molecule has 0 bridgehead atoms. The summed E-state index contributed by atoms with van der Waals surface area (Å²) in [4.78, 5) is 57.5. The van der Waals surface area contributed by atoms with E-state index in [-0.39, 0.29) is 42.7 Å². The molecule has 5 rings (SSSR count). The minimum atomic E-state index is -4.00. The number of anilines is 2. The zero-order valence-electron chi connectivity index (χ0n) is 28.7. The van der Waals surface area contributed by atoms with Gasteiger partial charge in [-0.25, -0.2) is 22.8 Å². The van der Waals surface area contributed by atoms with Crippen LogP contribution >= 0.6 is 0 Å². The molecule has 0 unspecified atom stereocenters. The maximum Gasteiger partial charge on any atom is 0.415 e. The summed E-state index contributed by atoms with van der Waals surface area (Å²) in [5.41, 5.74) is 1.89. The highest BCUT2D eigenvalue weighted by Gasteiger charge is 2.43. The second kappa shape index (κ2) is 15.7. The van der Waals surface area contributed by atoms with Gasteiger partial charge in [-0.2, -0.15) is 4.31 Å². The summed E-state index contributed by atoms with van der Waals surface area (Å²) < 4.78 is 39.6. The number of amides is 4. The first-order valence-electron chi connectivity index (χ1n) is 16.6. The Morgan fingerprint density at radius 1 is 0.820 bits per heavy atom. The minimum absolute atomic E-state index is 0.0876. The van der Waals surface area contributed by atoms with E-state index in [4.69, 9.17) is 9.47 Å². The number of urea groups is 1. The van der Waals surface area contributed by atoms with E-state index < -0.39 is 46.2 Å².